The third-order valence-electron chi connectivity index (χ3n) is 2.80. The summed E-state index contributed by atoms with van der Waals surface area (Å²) in [6.45, 7) is 1.36. The third-order valence-corrected chi connectivity index (χ3v) is 3.05. The van der Waals surface area contributed by atoms with Crippen molar-refractivity contribution in [1.82, 2.24) is 0 Å². The van der Waals surface area contributed by atoms with Gasteiger partial charge in [0.05, 0.1) is 10.5 Å². The maximum Gasteiger partial charge on any atom is 0.270 e. The molecule has 0 aliphatic heterocycles. The molecule has 21 heavy (non-hydrogen) atoms. The minimum absolute atomic E-state index is 0.0328. The van der Waals surface area contributed by atoms with E-state index in [1.54, 1.807) is 24.3 Å². The zero-order valence-corrected chi connectivity index (χ0v) is 11.6. The first-order valence-electron chi connectivity index (χ1n) is 5.90. The van der Waals surface area contributed by atoms with Gasteiger partial charge in [-0.15, -0.1) is 0 Å². The highest BCUT2D eigenvalue weighted by atomic mass is 35.5. The SMILES string of the molecule is Cc1cc([N+](=O)[O-])cc(C(=O)Nc2ccc(Cl)cc2)c1F. The van der Waals surface area contributed by atoms with E-state index in [1.165, 1.54) is 6.92 Å². The third kappa shape index (κ3) is 3.35. The second-order valence-corrected chi connectivity index (χ2v) is 4.78. The van der Waals surface area contributed by atoms with Gasteiger partial charge in [0.25, 0.3) is 11.6 Å². The fourth-order valence-electron chi connectivity index (χ4n) is 1.75. The number of carbonyl (C=O) groups excluding carboxylic acids is 1. The van der Waals surface area contributed by atoms with E-state index in [0.717, 1.165) is 12.1 Å². The Hall–Kier alpha value is -2.47. The van der Waals surface area contributed by atoms with Crippen molar-refractivity contribution in [3.63, 3.8) is 0 Å². The van der Waals surface area contributed by atoms with Crippen molar-refractivity contribution in [3.8, 4) is 0 Å². The Balaban J connectivity index is 2.34. The van der Waals surface area contributed by atoms with E-state index in [1.807, 2.05) is 0 Å². The number of hydrogen-bond donors (Lipinski definition) is 1. The molecule has 7 heteroatoms. The molecule has 0 aromatic heterocycles. The standard InChI is InChI=1S/C14H10ClFN2O3/c1-8-6-11(18(20)21)7-12(13(8)16)14(19)17-10-4-2-9(15)3-5-10/h2-7H,1H3,(H,17,19). The summed E-state index contributed by atoms with van der Waals surface area (Å²) in [6, 6.07) is 8.20. The summed E-state index contributed by atoms with van der Waals surface area (Å²) in [5.74, 6) is -1.55. The summed E-state index contributed by atoms with van der Waals surface area (Å²) in [5.41, 5.74) is -0.273. The molecule has 2 aromatic carbocycles. The average Bonchev–Trinajstić information content (AvgIpc) is 2.43. The Kier molecular flexibility index (Phi) is 4.18. The van der Waals surface area contributed by atoms with Crippen molar-refractivity contribution in [2.45, 2.75) is 6.92 Å². The van der Waals surface area contributed by atoms with Gasteiger partial charge in [0.1, 0.15) is 5.82 Å². The van der Waals surface area contributed by atoms with Crippen LogP contribution in [-0.4, -0.2) is 10.8 Å². The van der Waals surface area contributed by atoms with Gasteiger partial charge in [0.15, 0.2) is 0 Å². The van der Waals surface area contributed by atoms with Crippen LogP contribution >= 0.6 is 11.6 Å². The summed E-state index contributed by atoms with van der Waals surface area (Å²) in [5, 5.41) is 13.7. The first kappa shape index (κ1) is 14.9. The van der Waals surface area contributed by atoms with Gasteiger partial charge in [-0.25, -0.2) is 4.39 Å². The van der Waals surface area contributed by atoms with Crippen LogP contribution in [0.1, 0.15) is 15.9 Å². The second kappa shape index (κ2) is 5.88. The van der Waals surface area contributed by atoms with E-state index < -0.39 is 16.6 Å². The van der Waals surface area contributed by atoms with E-state index >= 15 is 0 Å². The van der Waals surface area contributed by atoms with Gasteiger partial charge in [0.2, 0.25) is 0 Å². The lowest BCUT2D eigenvalue weighted by molar-refractivity contribution is -0.385. The van der Waals surface area contributed by atoms with Crippen molar-refractivity contribution >= 4 is 28.9 Å². The number of hydrogen-bond acceptors (Lipinski definition) is 3. The lowest BCUT2D eigenvalue weighted by Crippen LogP contribution is -2.15. The number of carbonyl (C=O) groups is 1. The molecule has 1 N–H and O–H groups in total. The predicted octanol–water partition coefficient (Wildman–Crippen LogP) is 3.95. The fourth-order valence-corrected chi connectivity index (χ4v) is 1.88. The summed E-state index contributed by atoms with van der Waals surface area (Å²) in [7, 11) is 0. The quantitative estimate of drug-likeness (QED) is 0.689. The van der Waals surface area contributed by atoms with Crippen LogP contribution in [0.4, 0.5) is 15.8 Å². The molecule has 2 rings (SSSR count). The van der Waals surface area contributed by atoms with E-state index in [0.29, 0.717) is 10.7 Å². The Bertz CT molecular complexity index is 717. The topological polar surface area (TPSA) is 72.2 Å². The minimum atomic E-state index is -0.785. The molecule has 0 spiro atoms. The van der Waals surface area contributed by atoms with Crippen molar-refractivity contribution in [2.75, 3.05) is 5.32 Å². The first-order chi connectivity index (χ1) is 9.88. The molecule has 0 aliphatic carbocycles. The van der Waals surface area contributed by atoms with Crippen molar-refractivity contribution < 1.29 is 14.1 Å². The molecule has 0 aliphatic rings. The first-order valence-corrected chi connectivity index (χ1v) is 6.27. The maximum atomic E-state index is 14.0. The highest BCUT2D eigenvalue weighted by Crippen LogP contribution is 2.22. The molecule has 0 fully saturated rings. The molecule has 108 valence electrons. The molecule has 0 saturated heterocycles. The molecule has 0 atom stereocenters. The molecule has 2 aromatic rings. The van der Waals surface area contributed by atoms with E-state index in [9.17, 15) is 19.3 Å². The van der Waals surface area contributed by atoms with Crippen LogP contribution in [0.25, 0.3) is 0 Å². The second-order valence-electron chi connectivity index (χ2n) is 4.34. The average molecular weight is 309 g/mol. The van der Waals surface area contributed by atoms with Crippen LogP contribution in [0.2, 0.25) is 5.02 Å². The van der Waals surface area contributed by atoms with E-state index in [-0.39, 0.29) is 16.8 Å². The van der Waals surface area contributed by atoms with Crippen LogP contribution < -0.4 is 5.32 Å². The number of rotatable bonds is 3. The summed E-state index contributed by atoms with van der Waals surface area (Å²) < 4.78 is 14.0. The van der Waals surface area contributed by atoms with Crippen LogP contribution in [-0.2, 0) is 0 Å². The minimum Gasteiger partial charge on any atom is -0.322 e. The zero-order valence-electron chi connectivity index (χ0n) is 10.9. The largest absolute Gasteiger partial charge is 0.322 e. The summed E-state index contributed by atoms with van der Waals surface area (Å²) in [4.78, 5) is 22.1. The number of benzene rings is 2. The van der Waals surface area contributed by atoms with Gasteiger partial charge in [0, 0.05) is 22.8 Å². The Morgan fingerprint density at radius 3 is 2.48 bits per heavy atom. The number of anilines is 1. The number of halogens is 2. The van der Waals surface area contributed by atoms with Gasteiger partial charge in [-0.3, -0.25) is 14.9 Å². The fraction of sp³-hybridized carbons (Fsp3) is 0.0714. The van der Waals surface area contributed by atoms with Crippen molar-refractivity contribution in [2.24, 2.45) is 0 Å². The molecular formula is C14H10ClFN2O3. The van der Waals surface area contributed by atoms with Crippen LogP contribution in [0.15, 0.2) is 36.4 Å². The number of amides is 1. The Labute approximate surface area is 124 Å². The summed E-state index contributed by atoms with van der Waals surface area (Å²) in [6.07, 6.45) is 0. The molecule has 0 radical (unpaired) electrons. The number of non-ortho nitro benzene ring substituents is 1. The lowest BCUT2D eigenvalue weighted by Gasteiger charge is -2.08. The van der Waals surface area contributed by atoms with Gasteiger partial charge < -0.3 is 5.32 Å². The van der Waals surface area contributed by atoms with Crippen LogP contribution in [0.3, 0.4) is 0 Å². The molecule has 0 heterocycles. The number of aryl methyl sites for hydroxylation is 1. The molecule has 0 unspecified atom stereocenters. The van der Waals surface area contributed by atoms with Crippen molar-refractivity contribution in [1.29, 1.82) is 0 Å². The smallest absolute Gasteiger partial charge is 0.270 e. The maximum absolute atomic E-state index is 14.0. The van der Waals surface area contributed by atoms with Crippen molar-refractivity contribution in [3.05, 3.63) is 68.5 Å². The molecular weight excluding hydrogens is 299 g/mol. The van der Waals surface area contributed by atoms with Gasteiger partial charge >= 0.3 is 0 Å². The Morgan fingerprint density at radius 2 is 1.90 bits per heavy atom. The molecule has 1 amide bonds. The van der Waals surface area contributed by atoms with E-state index in [2.05, 4.69) is 5.32 Å². The van der Waals surface area contributed by atoms with E-state index in [4.69, 9.17) is 11.6 Å². The monoisotopic (exact) mass is 308 g/mol. The van der Waals surface area contributed by atoms with Crippen LogP contribution in [0.5, 0.6) is 0 Å². The van der Waals surface area contributed by atoms with Crippen LogP contribution in [0, 0.1) is 22.9 Å². The predicted molar refractivity (Wildman–Crippen MR) is 77.2 cm³/mol. The Morgan fingerprint density at radius 1 is 1.29 bits per heavy atom. The number of nitrogens with one attached hydrogen (secondary N) is 1. The van der Waals surface area contributed by atoms with Gasteiger partial charge in [-0.2, -0.15) is 0 Å². The van der Waals surface area contributed by atoms with Gasteiger partial charge in [-0.1, -0.05) is 11.6 Å². The molecule has 5 nitrogen and oxygen atoms in total. The highest BCUT2D eigenvalue weighted by Gasteiger charge is 2.19. The normalized spacial score (nSPS) is 10.2. The highest BCUT2D eigenvalue weighted by molar-refractivity contribution is 6.30. The number of nitro benzene ring substituents is 1. The number of nitro groups is 1. The molecule has 0 bridgehead atoms. The number of nitrogens with zero attached hydrogens (tertiary/aromatic N) is 1. The summed E-state index contributed by atoms with van der Waals surface area (Å²) >= 11 is 5.72. The van der Waals surface area contributed by atoms with Gasteiger partial charge in [-0.05, 0) is 36.8 Å². The zero-order chi connectivity index (χ0) is 15.6. The lowest BCUT2D eigenvalue weighted by atomic mass is 10.1. The molecule has 0 saturated carbocycles.